The van der Waals surface area contributed by atoms with Crippen molar-refractivity contribution in [2.24, 2.45) is 0 Å². The zero-order valence-corrected chi connectivity index (χ0v) is 15.9. The van der Waals surface area contributed by atoms with Crippen LogP contribution in [0.25, 0.3) is 11.3 Å². The van der Waals surface area contributed by atoms with Crippen LogP contribution in [-0.4, -0.2) is 45.8 Å². The number of nitrogens with zero attached hydrogens (tertiary/aromatic N) is 4. The number of nitrogens with one attached hydrogen (secondary N) is 1. The highest BCUT2D eigenvalue weighted by Crippen LogP contribution is 2.30. The molecule has 8 heteroatoms. The van der Waals surface area contributed by atoms with Crippen molar-refractivity contribution in [3.63, 3.8) is 0 Å². The average Bonchev–Trinajstić information content (AvgIpc) is 3.16. The highest BCUT2D eigenvalue weighted by molar-refractivity contribution is 5.62. The number of rotatable bonds is 4. The molecule has 3 aromatic rings. The minimum atomic E-state index is -4.37. The van der Waals surface area contributed by atoms with Gasteiger partial charge in [0.1, 0.15) is 5.82 Å². The van der Waals surface area contributed by atoms with Gasteiger partial charge >= 0.3 is 6.18 Å². The lowest BCUT2D eigenvalue weighted by atomic mass is 10.1. The van der Waals surface area contributed by atoms with E-state index in [1.54, 1.807) is 0 Å². The number of H-pyrrole nitrogens is 1. The van der Waals surface area contributed by atoms with Crippen molar-refractivity contribution < 1.29 is 13.2 Å². The van der Waals surface area contributed by atoms with Gasteiger partial charge in [0, 0.05) is 55.7 Å². The van der Waals surface area contributed by atoms with Crippen LogP contribution in [0.5, 0.6) is 0 Å². The van der Waals surface area contributed by atoms with Crippen LogP contribution < -0.4 is 4.90 Å². The first kappa shape index (κ1) is 19.4. The predicted octanol–water partition coefficient (Wildman–Crippen LogP) is 4.00. The summed E-state index contributed by atoms with van der Waals surface area (Å²) in [5.41, 5.74) is 2.36. The highest BCUT2D eigenvalue weighted by Gasteiger charge is 2.31. The number of hydrogen-bond donors (Lipinski definition) is 1. The molecule has 151 valence electrons. The summed E-state index contributed by atoms with van der Waals surface area (Å²) in [4.78, 5) is 8.43. The fraction of sp³-hybridized carbons (Fsp3) is 0.333. The Hall–Kier alpha value is -2.87. The lowest BCUT2D eigenvalue weighted by molar-refractivity contribution is -0.137. The maximum Gasteiger partial charge on any atom is 0.417 e. The van der Waals surface area contributed by atoms with E-state index < -0.39 is 11.7 Å². The maximum absolute atomic E-state index is 12.8. The average molecular weight is 400 g/mol. The molecule has 1 N–H and O–H groups in total. The second kappa shape index (κ2) is 7.87. The zero-order chi connectivity index (χ0) is 20.4. The number of hydrogen-bond acceptors (Lipinski definition) is 4. The molecule has 1 atom stereocenters. The Kier molecular flexibility index (Phi) is 5.27. The Bertz CT molecular complexity index is 937. The second-order valence-corrected chi connectivity index (χ2v) is 7.23. The summed E-state index contributed by atoms with van der Waals surface area (Å²) in [7, 11) is 0. The number of alkyl halides is 3. The van der Waals surface area contributed by atoms with Crippen molar-refractivity contribution in [3.05, 3.63) is 66.0 Å². The van der Waals surface area contributed by atoms with Crippen LogP contribution in [0.1, 0.15) is 18.1 Å². The molecule has 4 rings (SSSR count). The fourth-order valence-electron chi connectivity index (χ4n) is 3.71. The molecule has 1 aromatic carbocycles. The first-order valence-electron chi connectivity index (χ1n) is 9.43. The van der Waals surface area contributed by atoms with Crippen molar-refractivity contribution in [1.29, 1.82) is 0 Å². The largest absolute Gasteiger partial charge is 0.417 e. The molecular formula is C21H21F3N5. The smallest absolute Gasteiger partial charge is 0.351 e. The summed E-state index contributed by atoms with van der Waals surface area (Å²) in [5.74, 6) is 0.578. The molecule has 0 spiro atoms. The van der Waals surface area contributed by atoms with Gasteiger partial charge in [-0.3, -0.25) is 10.00 Å². The van der Waals surface area contributed by atoms with E-state index in [2.05, 4.69) is 38.0 Å². The van der Waals surface area contributed by atoms with Crippen LogP contribution in [0.3, 0.4) is 0 Å². The number of piperazine rings is 1. The molecule has 1 aliphatic rings. The third kappa shape index (κ3) is 4.27. The summed E-state index contributed by atoms with van der Waals surface area (Å²) in [5, 5.41) is 7.33. The standard InChI is InChI=1S/C21H21F3N5/c1-15-13-28(14-17-11-26-27-20(17)16-5-3-2-4-6-16)9-10-29(15)19-8-7-18(12-25-19)21(22,23)24/h3-8,11-12,15H,9-10,13-14H2,1H3,(H,26,27)/t15-/m1/s1. The van der Waals surface area contributed by atoms with E-state index in [4.69, 9.17) is 0 Å². The van der Waals surface area contributed by atoms with Crippen molar-refractivity contribution >= 4 is 5.82 Å². The SMILES string of the molecule is C[C@@H]1CN(Cc2c[nH]nc2-c2cc[c]cc2)CCN1c1ccc(C(F)(F)F)cn1. The molecule has 1 radical (unpaired) electrons. The van der Waals surface area contributed by atoms with Crippen molar-refractivity contribution in [1.82, 2.24) is 20.1 Å². The van der Waals surface area contributed by atoms with Gasteiger partial charge in [0.2, 0.25) is 0 Å². The number of halogens is 3. The topological polar surface area (TPSA) is 48.1 Å². The molecular weight excluding hydrogens is 379 g/mol. The van der Waals surface area contributed by atoms with Crippen LogP contribution in [0.15, 0.2) is 48.8 Å². The molecule has 0 saturated carbocycles. The molecule has 0 amide bonds. The molecule has 3 heterocycles. The number of aromatic nitrogens is 3. The lowest BCUT2D eigenvalue weighted by Crippen LogP contribution is -2.51. The first-order chi connectivity index (χ1) is 13.9. The molecule has 1 fully saturated rings. The van der Waals surface area contributed by atoms with E-state index in [0.29, 0.717) is 12.4 Å². The highest BCUT2D eigenvalue weighted by atomic mass is 19.4. The Labute approximate surface area is 167 Å². The second-order valence-electron chi connectivity index (χ2n) is 7.23. The minimum absolute atomic E-state index is 0.134. The number of anilines is 1. The zero-order valence-electron chi connectivity index (χ0n) is 15.9. The minimum Gasteiger partial charge on any atom is -0.351 e. The Morgan fingerprint density at radius 2 is 1.97 bits per heavy atom. The number of pyridine rings is 1. The summed E-state index contributed by atoms with van der Waals surface area (Å²) in [6.07, 6.45) is -1.54. The fourth-order valence-corrected chi connectivity index (χ4v) is 3.71. The van der Waals surface area contributed by atoms with Gasteiger partial charge in [-0.15, -0.1) is 0 Å². The normalized spacial score (nSPS) is 18.2. The molecule has 2 aromatic heterocycles. The van der Waals surface area contributed by atoms with Crippen LogP contribution in [0, 0.1) is 6.07 Å². The van der Waals surface area contributed by atoms with Gasteiger partial charge in [-0.1, -0.05) is 24.3 Å². The van der Waals surface area contributed by atoms with Crippen LogP contribution in [-0.2, 0) is 12.7 Å². The summed E-state index contributed by atoms with van der Waals surface area (Å²) < 4.78 is 38.3. The molecule has 0 unspecified atom stereocenters. The molecule has 0 bridgehead atoms. The van der Waals surface area contributed by atoms with Crippen molar-refractivity contribution in [2.75, 3.05) is 24.5 Å². The van der Waals surface area contributed by atoms with Gasteiger partial charge in [-0.25, -0.2) is 4.98 Å². The monoisotopic (exact) mass is 400 g/mol. The Morgan fingerprint density at radius 3 is 2.62 bits per heavy atom. The quantitative estimate of drug-likeness (QED) is 0.719. The molecule has 1 saturated heterocycles. The third-order valence-corrected chi connectivity index (χ3v) is 5.19. The van der Waals surface area contributed by atoms with Crippen LogP contribution >= 0.6 is 0 Å². The van der Waals surface area contributed by atoms with Crippen LogP contribution in [0.4, 0.5) is 19.0 Å². The third-order valence-electron chi connectivity index (χ3n) is 5.19. The first-order valence-corrected chi connectivity index (χ1v) is 9.43. The summed E-state index contributed by atoms with van der Waals surface area (Å²) >= 11 is 0. The van der Waals surface area contributed by atoms with E-state index in [9.17, 15) is 13.2 Å². The van der Waals surface area contributed by atoms with Crippen molar-refractivity contribution in [3.8, 4) is 11.3 Å². The van der Waals surface area contributed by atoms with E-state index >= 15 is 0 Å². The maximum atomic E-state index is 12.8. The van der Waals surface area contributed by atoms with Crippen molar-refractivity contribution in [2.45, 2.75) is 25.7 Å². The van der Waals surface area contributed by atoms with Gasteiger partial charge in [-0.2, -0.15) is 18.3 Å². The van der Waals surface area contributed by atoms with Gasteiger partial charge in [0.05, 0.1) is 11.3 Å². The van der Waals surface area contributed by atoms with Gasteiger partial charge in [0.15, 0.2) is 0 Å². The number of benzene rings is 1. The van der Waals surface area contributed by atoms with Crippen LogP contribution in [0.2, 0.25) is 0 Å². The molecule has 1 aliphatic heterocycles. The van der Waals surface area contributed by atoms with E-state index in [1.807, 2.05) is 30.5 Å². The van der Waals surface area contributed by atoms with E-state index in [1.165, 1.54) is 6.07 Å². The molecule has 29 heavy (non-hydrogen) atoms. The summed E-state index contributed by atoms with van der Waals surface area (Å²) in [6.45, 7) is 5.10. The molecule has 0 aliphatic carbocycles. The van der Waals surface area contributed by atoms with Gasteiger partial charge in [0.25, 0.3) is 0 Å². The predicted molar refractivity (Wildman–Crippen MR) is 104 cm³/mol. The lowest BCUT2D eigenvalue weighted by Gasteiger charge is -2.40. The van der Waals surface area contributed by atoms with Gasteiger partial charge < -0.3 is 4.90 Å². The van der Waals surface area contributed by atoms with E-state index in [-0.39, 0.29) is 6.04 Å². The Morgan fingerprint density at radius 1 is 1.17 bits per heavy atom. The van der Waals surface area contributed by atoms with Gasteiger partial charge in [-0.05, 0) is 25.1 Å². The number of aromatic amines is 1. The summed E-state index contributed by atoms with van der Waals surface area (Å²) in [6, 6.07) is 13.4. The van der Waals surface area contributed by atoms with E-state index in [0.717, 1.165) is 48.7 Å². The Balaban J connectivity index is 1.42. The molecule has 5 nitrogen and oxygen atoms in total.